The maximum atomic E-state index is 10.6. The molecule has 0 aliphatic heterocycles. The second kappa shape index (κ2) is 5.43. The third kappa shape index (κ3) is 4.26. The van der Waals surface area contributed by atoms with Crippen molar-refractivity contribution in [2.24, 2.45) is 5.92 Å². The SMILES string of the molecule is CC(=O)C(C(C)=O)C(C)=O.[H-].[H-].[Mg+2]. The molecular weight excluding hydrogens is 156 g/mol. The average molecular weight is 168 g/mol. The van der Waals surface area contributed by atoms with Crippen LogP contribution in [0.5, 0.6) is 0 Å². The molecule has 0 heterocycles. The van der Waals surface area contributed by atoms with E-state index in [-0.39, 0.29) is 43.3 Å². The van der Waals surface area contributed by atoms with Gasteiger partial charge in [-0.05, 0) is 20.8 Å². The summed E-state index contributed by atoms with van der Waals surface area (Å²) in [6, 6.07) is 0. The molecule has 0 rings (SSSR count). The van der Waals surface area contributed by atoms with Crippen molar-refractivity contribution in [1.29, 1.82) is 0 Å². The van der Waals surface area contributed by atoms with Gasteiger partial charge in [-0.15, -0.1) is 0 Å². The zero-order valence-electron chi connectivity index (χ0n) is 9.01. The van der Waals surface area contributed by atoms with Crippen LogP contribution in [0.2, 0.25) is 0 Å². The first kappa shape index (κ1) is 13.4. The summed E-state index contributed by atoms with van der Waals surface area (Å²) in [6.45, 7) is 3.73. The van der Waals surface area contributed by atoms with E-state index >= 15 is 0 Å². The fraction of sp³-hybridized carbons (Fsp3) is 0.571. The van der Waals surface area contributed by atoms with Gasteiger partial charge in [0.1, 0.15) is 23.3 Å². The first-order chi connectivity index (χ1) is 4.46. The standard InChI is InChI=1S/C7H10O3.Mg.2H/c1-4(8)7(5(2)9)6(3)10;;;/h7H,1-3H3;;;/q;+2;2*-1. The van der Waals surface area contributed by atoms with Gasteiger partial charge < -0.3 is 2.85 Å². The molecule has 0 radical (unpaired) electrons. The van der Waals surface area contributed by atoms with Crippen LogP contribution in [0.15, 0.2) is 0 Å². The van der Waals surface area contributed by atoms with Gasteiger partial charge >= 0.3 is 23.1 Å². The molecule has 0 N–H and O–H groups in total. The summed E-state index contributed by atoms with van der Waals surface area (Å²) in [5, 5.41) is 0. The van der Waals surface area contributed by atoms with Crippen molar-refractivity contribution >= 4 is 40.4 Å². The number of ketones is 3. The number of carbonyl (C=O) groups excluding carboxylic acids is 3. The van der Waals surface area contributed by atoms with E-state index in [1.165, 1.54) is 20.8 Å². The van der Waals surface area contributed by atoms with E-state index in [2.05, 4.69) is 0 Å². The number of hydrogen-bond acceptors (Lipinski definition) is 3. The van der Waals surface area contributed by atoms with Crippen LogP contribution >= 0.6 is 0 Å². The molecule has 60 valence electrons. The van der Waals surface area contributed by atoms with E-state index in [0.29, 0.717) is 0 Å². The predicted octanol–water partition coefficient (Wildman–Crippen LogP) is 0.214. The van der Waals surface area contributed by atoms with Gasteiger partial charge in [-0.2, -0.15) is 0 Å². The summed E-state index contributed by atoms with van der Waals surface area (Å²) in [4.78, 5) is 31.8. The van der Waals surface area contributed by atoms with Crippen LogP contribution in [0.25, 0.3) is 0 Å². The number of hydrogen-bond donors (Lipinski definition) is 0. The summed E-state index contributed by atoms with van der Waals surface area (Å²) < 4.78 is 0. The molecule has 0 aromatic rings. The van der Waals surface area contributed by atoms with E-state index in [4.69, 9.17) is 0 Å². The van der Waals surface area contributed by atoms with Crippen molar-refractivity contribution in [2.45, 2.75) is 20.8 Å². The van der Waals surface area contributed by atoms with Crippen LogP contribution in [0, 0.1) is 5.92 Å². The zero-order chi connectivity index (χ0) is 8.31. The Bertz CT molecular complexity index is 161. The van der Waals surface area contributed by atoms with Crippen LogP contribution in [-0.4, -0.2) is 40.4 Å². The van der Waals surface area contributed by atoms with Gasteiger partial charge in [0, 0.05) is 0 Å². The maximum Gasteiger partial charge on any atom is 2.00 e. The summed E-state index contributed by atoms with van der Waals surface area (Å²) >= 11 is 0. The van der Waals surface area contributed by atoms with Crippen LogP contribution in [-0.2, 0) is 14.4 Å². The fourth-order valence-electron chi connectivity index (χ4n) is 0.859. The van der Waals surface area contributed by atoms with Crippen molar-refractivity contribution in [1.82, 2.24) is 0 Å². The van der Waals surface area contributed by atoms with Gasteiger partial charge in [0.2, 0.25) is 0 Å². The van der Waals surface area contributed by atoms with Crippen molar-refractivity contribution in [3.63, 3.8) is 0 Å². The van der Waals surface area contributed by atoms with E-state index in [1.54, 1.807) is 0 Å². The number of rotatable bonds is 3. The van der Waals surface area contributed by atoms with Crippen molar-refractivity contribution in [3.05, 3.63) is 0 Å². The molecule has 0 bridgehead atoms. The van der Waals surface area contributed by atoms with Crippen molar-refractivity contribution in [2.75, 3.05) is 0 Å². The molecule has 0 aromatic carbocycles. The minimum atomic E-state index is -1.03. The molecule has 11 heavy (non-hydrogen) atoms. The molecule has 4 heteroatoms. The minimum absolute atomic E-state index is 0. The van der Waals surface area contributed by atoms with Gasteiger partial charge in [0.25, 0.3) is 0 Å². The molecule has 0 fully saturated rings. The quantitative estimate of drug-likeness (QED) is 0.447. The summed E-state index contributed by atoms with van der Waals surface area (Å²) in [7, 11) is 0. The summed E-state index contributed by atoms with van der Waals surface area (Å²) in [5.74, 6) is -2.15. The molecule has 0 saturated carbocycles. The second-order valence-electron chi connectivity index (χ2n) is 2.26. The predicted molar refractivity (Wildman–Crippen MR) is 43.5 cm³/mol. The Morgan fingerprint density at radius 3 is 1.09 bits per heavy atom. The van der Waals surface area contributed by atoms with E-state index in [0.717, 1.165) is 0 Å². The Morgan fingerprint density at radius 1 is 0.909 bits per heavy atom. The Balaban J connectivity index is -0.000000135. The smallest absolute Gasteiger partial charge is 1.00 e. The molecule has 0 aliphatic carbocycles. The Labute approximate surface area is 84.7 Å². The summed E-state index contributed by atoms with van der Waals surface area (Å²) in [5.41, 5.74) is 0. The molecule has 0 aromatic heterocycles. The summed E-state index contributed by atoms with van der Waals surface area (Å²) in [6.07, 6.45) is 0. The molecule has 0 spiro atoms. The molecule has 0 aliphatic rings. The van der Waals surface area contributed by atoms with Gasteiger partial charge in [-0.3, -0.25) is 14.4 Å². The molecule has 3 nitrogen and oxygen atoms in total. The minimum Gasteiger partial charge on any atom is -1.00 e. The average Bonchev–Trinajstić information content (AvgIpc) is 1.59. The first-order valence-corrected chi connectivity index (χ1v) is 2.98. The molecule has 0 atom stereocenters. The molecule has 0 unspecified atom stereocenters. The van der Waals surface area contributed by atoms with Gasteiger partial charge in [0.15, 0.2) is 0 Å². The van der Waals surface area contributed by atoms with Crippen LogP contribution in [0.3, 0.4) is 0 Å². The van der Waals surface area contributed by atoms with Gasteiger partial charge in [0.05, 0.1) is 0 Å². The van der Waals surface area contributed by atoms with E-state index in [1.807, 2.05) is 0 Å². The topological polar surface area (TPSA) is 51.2 Å². The van der Waals surface area contributed by atoms with E-state index in [9.17, 15) is 14.4 Å². The second-order valence-corrected chi connectivity index (χ2v) is 2.26. The fourth-order valence-corrected chi connectivity index (χ4v) is 0.859. The number of carbonyl (C=O) groups is 3. The Kier molecular flexibility index (Phi) is 6.60. The first-order valence-electron chi connectivity index (χ1n) is 2.98. The third-order valence-electron chi connectivity index (χ3n) is 1.22. The number of Topliss-reactive ketones (excluding diaryl/α,β-unsaturated/α-hetero) is 3. The molecular formula is C7H12MgO3. The Morgan fingerprint density at radius 2 is 1.09 bits per heavy atom. The van der Waals surface area contributed by atoms with Crippen LogP contribution in [0.1, 0.15) is 23.6 Å². The Hall–Kier alpha value is -0.224. The largest absolute Gasteiger partial charge is 2.00 e. The van der Waals surface area contributed by atoms with Crippen LogP contribution in [0.4, 0.5) is 0 Å². The van der Waals surface area contributed by atoms with Gasteiger partial charge in [-0.25, -0.2) is 0 Å². The normalized spacial score (nSPS) is 8.73. The van der Waals surface area contributed by atoms with Crippen LogP contribution < -0.4 is 0 Å². The van der Waals surface area contributed by atoms with Gasteiger partial charge in [-0.1, -0.05) is 0 Å². The van der Waals surface area contributed by atoms with Crippen molar-refractivity contribution in [3.8, 4) is 0 Å². The monoisotopic (exact) mass is 168 g/mol. The zero-order valence-corrected chi connectivity index (χ0v) is 8.42. The third-order valence-corrected chi connectivity index (χ3v) is 1.22. The van der Waals surface area contributed by atoms with E-state index < -0.39 is 5.92 Å². The maximum absolute atomic E-state index is 10.6. The molecule has 0 amide bonds. The molecule has 0 saturated heterocycles. The van der Waals surface area contributed by atoms with Crippen molar-refractivity contribution < 1.29 is 17.2 Å².